The molecule has 3 heteroatoms. The minimum atomic E-state index is -0.126. The lowest BCUT2D eigenvalue weighted by molar-refractivity contribution is 0.222. The monoisotopic (exact) mass is 348 g/mol. The molecule has 2 nitrogen and oxygen atoms in total. The van der Waals surface area contributed by atoms with E-state index in [9.17, 15) is 4.39 Å². The third kappa shape index (κ3) is 2.34. The first-order chi connectivity index (χ1) is 12.6. The summed E-state index contributed by atoms with van der Waals surface area (Å²) in [6.07, 6.45) is 4.56. The molecule has 2 bridgehead atoms. The zero-order valence-corrected chi connectivity index (χ0v) is 15.5. The van der Waals surface area contributed by atoms with E-state index in [2.05, 4.69) is 47.7 Å². The van der Waals surface area contributed by atoms with Gasteiger partial charge in [-0.3, -0.25) is 4.90 Å². The average Bonchev–Trinajstić information content (AvgIpc) is 3.04. The Labute approximate surface area is 154 Å². The van der Waals surface area contributed by atoms with E-state index in [1.807, 2.05) is 6.07 Å². The first kappa shape index (κ1) is 16.1. The van der Waals surface area contributed by atoms with Crippen LogP contribution in [0.4, 0.5) is 4.39 Å². The van der Waals surface area contributed by atoms with Gasteiger partial charge in [0.15, 0.2) is 0 Å². The van der Waals surface area contributed by atoms with E-state index in [0.717, 1.165) is 24.8 Å². The summed E-state index contributed by atoms with van der Waals surface area (Å²) in [5.41, 5.74) is 6.79. The summed E-state index contributed by atoms with van der Waals surface area (Å²) in [7, 11) is 2.24. The van der Waals surface area contributed by atoms with E-state index in [0.29, 0.717) is 12.1 Å². The normalized spacial score (nSPS) is 22.1. The topological polar surface area (TPSA) is 8.17 Å². The van der Waals surface area contributed by atoms with Crippen molar-refractivity contribution >= 4 is 10.9 Å². The number of likely N-dealkylation sites (N-methyl/N-ethyl adjacent to an activating group) is 1. The van der Waals surface area contributed by atoms with Crippen LogP contribution in [0.5, 0.6) is 0 Å². The zero-order valence-electron chi connectivity index (χ0n) is 15.5. The van der Waals surface area contributed by atoms with Crippen molar-refractivity contribution in [1.29, 1.82) is 0 Å². The summed E-state index contributed by atoms with van der Waals surface area (Å²) in [6, 6.07) is 15.1. The second kappa shape index (κ2) is 5.95. The van der Waals surface area contributed by atoms with Crippen molar-refractivity contribution < 1.29 is 4.39 Å². The quantitative estimate of drug-likeness (QED) is 0.645. The number of rotatable bonds is 3. The van der Waals surface area contributed by atoms with E-state index in [1.54, 1.807) is 12.1 Å². The average molecular weight is 348 g/mol. The van der Waals surface area contributed by atoms with Crippen molar-refractivity contribution in [3.8, 4) is 0 Å². The highest BCUT2D eigenvalue weighted by atomic mass is 19.1. The van der Waals surface area contributed by atoms with Crippen LogP contribution in [0.15, 0.2) is 42.5 Å². The summed E-state index contributed by atoms with van der Waals surface area (Å²) in [5, 5.41) is 1.13. The lowest BCUT2D eigenvalue weighted by atomic mass is 9.97. The third-order valence-corrected chi connectivity index (χ3v) is 6.65. The van der Waals surface area contributed by atoms with Gasteiger partial charge in [0.25, 0.3) is 0 Å². The fourth-order valence-electron chi connectivity index (χ4n) is 5.21. The maximum Gasteiger partial charge on any atom is 0.123 e. The van der Waals surface area contributed by atoms with Crippen LogP contribution in [0.25, 0.3) is 10.9 Å². The summed E-state index contributed by atoms with van der Waals surface area (Å²) in [6.45, 7) is 3.15. The van der Waals surface area contributed by atoms with Crippen LogP contribution in [0.3, 0.4) is 0 Å². The lowest BCUT2D eigenvalue weighted by Gasteiger charge is -2.32. The summed E-state index contributed by atoms with van der Waals surface area (Å²) < 4.78 is 16.5. The molecular weight excluding hydrogens is 323 g/mol. The van der Waals surface area contributed by atoms with Gasteiger partial charge in [-0.1, -0.05) is 24.3 Å². The van der Waals surface area contributed by atoms with Gasteiger partial charge in [-0.15, -0.1) is 0 Å². The minimum Gasteiger partial charge on any atom is -0.344 e. The van der Waals surface area contributed by atoms with Crippen molar-refractivity contribution in [1.82, 2.24) is 9.47 Å². The molecule has 3 aromatic rings. The molecule has 1 fully saturated rings. The second-order valence-corrected chi connectivity index (χ2v) is 7.97. The number of hydrogen-bond donors (Lipinski definition) is 0. The van der Waals surface area contributed by atoms with Gasteiger partial charge in [0.05, 0.1) is 0 Å². The van der Waals surface area contributed by atoms with Crippen LogP contribution >= 0.6 is 0 Å². The molecule has 134 valence electrons. The van der Waals surface area contributed by atoms with E-state index in [1.165, 1.54) is 40.7 Å². The molecule has 2 aromatic carbocycles. The molecule has 5 rings (SSSR count). The third-order valence-electron chi connectivity index (χ3n) is 6.65. The summed E-state index contributed by atoms with van der Waals surface area (Å²) in [4.78, 5) is 2.51. The summed E-state index contributed by atoms with van der Waals surface area (Å²) >= 11 is 0. The molecular formula is C23H25FN2. The number of nitrogens with zero attached hydrogens (tertiary/aromatic N) is 2. The fourth-order valence-corrected chi connectivity index (χ4v) is 5.21. The van der Waals surface area contributed by atoms with Crippen molar-refractivity contribution in [2.24, 2.45) is 0 Å². The molecule has 0 spiro atoms. The Kier molecular flexibility index (Phi) is 3.68. The first-order valence-corrected chi connectivity index (χ1v) is 9.70. The fraction of sp³-hybridized carbons (Fsp3) is 0.391. The van der Waals surface area contributed by atoms with Gasteiger partial charge < -0.3 is 4.57 Å². The van der Waals surface area contributed by atoms with Crippen LogP contribution in [0.1, 0.15) is 41.3 Å². The molecule has 0 N–H and O–H groups in total. The van der Waals surface area contributed by atoms with Gasteiger partial charge in [0, 0.05) is 41.6 Å². The van der Waals surface area contributed by atoms with Crippen molar-refractivity contribution in [2.45, 2.75) is 51.2 Å². The smallest absolute Gasteiger partial charge is 0.123 e. The highest BCUT2D eigenvalue weighted by Crippen LogP contribution is 2.46. The van der Waals surface area contributed by atoms with Gasteiger partial charge in [0.1, 0.15) is 5.82 Å². The lowest BCUT2D eigenvalue weighted by Crippen LogP contribution is -2.34. The highest BCUT2D eigenvalue weighted by molar-refractivity contribution is 5.86. The highest BCUT2D eigenvalue weighted by Gasteiger charge is 2.40. The van der Waals surface area contributed by atoms with Gasteiger partial charge in [-0.05, 0) is 68.1 Å². The molecule has 1 saturated heterocycles. The molecule has 1 aromatic heterocycles. The maximum atomic E-state index is 14.0. The number of hydrogen-bond acceptors (Lipinski definition) is 1. The molecule has 0 radical (unpaired) electrons. The van der Waals surface area contributed by atoms with Crippen LogP contribution < -0.4 is 0 Å². The van der Waals surface area contributed by atoms with Gasteiger partial charge in [0.2, 0.25) is 0 Å². The Balaban J connectivity index is 1.62. The predicted molar refractivity (Wildman–Crippen MR) is 104 cm³/mol. The molecule has 2 atom stereocenters. The zero-order chi connectivity index (χ0) is 17.8. The van der Waals surface area contributed by atoms with E-state index >= 15 is 0 Å². The molecule has 0 aliphatic carbocycles. The molecule has 0 saturated carbocycles. The predicted octanol–water partition coefficient (Wildman–Crippen LogP) is 5.02. The van der Waals surface area contributed by atoms with Gasteiger partial charge in [-0.2, -0.15) is 0 Å². The molecule has 3 heterocycles. The van der Waals surface area contributed by atoms with E-state index in [4.69, 9.17) is 0 Å². The number of fused-ring (bicyclic) bond motifs is 6. The number of benzene rings is 2. The Bertz CT molecular complexity index is 987. The Morgan fingerprint density at radius 3 is 2.81 bits per heavy atom. The van der Waals surface area contributed by atoms with Crippen molar-refractivity contribution in [3.63, 3.8) is 0 Å². The maximum absolute atomic E-state index is 14.0. The molecule has 2 aliphatic rings. The molecule has 2 aliphatic heterocycles. The number of aromatic nitrogens is 1. The van der Waals surface area contributed by atoms with E-state index < -0.39 is 0 Å². The first-order valence-electron chi connectivity index (χ1n) is 9.70. The Morgan fingerprint density at radius 1 is 1.12 bits per heavy atom. The number of aryl methyl sites for hydroxylation is 3. The Morgan fingerprint density at radius 2 is 1.96 bits per heavy atom. The van der Waals surface area contributed by atoms with Crippen LogP contribution in [0.2, 0.25) is 0 Å². The van der Waals surface area contributed by atoms with Crippen LogP contribution in [-0.2, 0) is 19.4 Å². The summed E-state index contributed by atoms with van der Waals surface area (Å²) in [5.74, 6) is -0.126. The number of halogens is 1. The van der Waals surface area contributed by atoms with E-state index in [-0.39, 0.29) is 5.82 Å². The molecule has 0 amide bonds. The van der Waals surface area contributed by atoms with Gasteiger partial charge in [-0.25, -0.2) is 4.39 Å². The molecule has 26 heavy (non-hydrogen) atoms. The van der Waals surface area contributed by atoms with Crippen LogP contribution in [-0.4, -0.2) is 22.6 Å². The standard InChI is InChI=1S/C23H25FN2/c1-15-5-3-4-6-16(15)11-12-26-20-9-7-17(24)13-19(20)23-21-10-8-18(25(21)2)14-22(23)26/h3-7,9,13,18,21H,8,10-12,14H2,1-2H3. The SMILES string of the molecule is Cc1ccccc1CCn1c2c(c3cc(F)ccc31)C1CCC(C2)N1C. The minimum absolute atomic E-state index is 0.126. The molecule has 2 unspecified atom stereocenters. The van der Waals surface area contributed by atoms with Gasteiger partial charge >= 0.3 is 0 Å². The second-order valence-electron chi connectivity index (χ2n) is 7.97. The van der Waals surface area contributed by atoms with Crippen molar-refractivity contribution in [2.75, 3.05) is 7.05 Å². The Hall–Kier alpha value is -2.13. The largest absolute Gasteiger partial charge is 0.344 e. The van der Waals surface area contributed by atoms with Crippen LogP contribution in [0, 0.1) is 12.7 Å². The van der Waals surface area contributed by atoms with Crippen molar-refractivity contribution in [3.05, 3.63) is 70.7 Å².